The van der Waals surface area contributed by atoms with Crippen LogP contribution < -0.4 is 16.4 Å². The van der Waals surface area contributed by atoms with E-state index in [1.807, 2.05) is 6.07 Å². The molecular weight excluding hydrogens is 242 g/mol. The molecule has 0 spiro atoms. The highest BCUT2D eigenvalue weighted by atomic mass is 15.3. The Bertz CT molecular complexity index is 445. The molecule has 1 aromatic rings. The summed E-state index contributed by atoms with van der Waals surface area (Å²) in [5.74, 6) is 1.38. The van der Waals surface area contributed by atoms with Gasteiger partial charge in [0.05, 0.1) is 0 Å². The monoisotopic (exact) mass is 263 g/mol. The van der Waals surface area contributed by atoms with Gasteiger partial charge in [-0.1, -0.05) is 0 Å². The summed E-state index contributed by atoms with van der Waals surface area (Å²) >= 11 is 0. The number of anilines is 1. The van der Waals surface area contributed by atoms with Gasteiger partial charge >= 0.3 is 0 Å². The highest BCUT2D eigenvalue weighted by Gasteiger charge is 2.19. The number of piperazine rings is 1. The van der Waals surface area contributed by atoms with Gasteiger partial charge in [-0.25, -0.2) is 9.97 Å². The Morgan fingerprint density at radius 3 is 2.47 bits per heavy atom. The highest BCUT2D eigenvalue weighted by Crippen LogP contribution is 2.18. The lowest BCUT2D eigenvalue weighted by molar-refractivity contribution is 0.209. The van der Waals surface area contributed by atoms with Crippen LogP contribution >= 0.6 is 0 Å². The van der Waals surface area contributed by atoms with E-state index in [0.717, 1.165) is 32.0 Å². The summed E-state index contributed by atoms with van der Waals surface area (Å²) < 4.78 is 0. The molecule has 4 N–H and O–H groups in total. The minimum absolute atomic E-state index is 0.00859. The summed E-state index contributed by atoms with van der Waals surface area (Å²) in [4.78, 5) is 16.9. The van der Waals surface area contributed by atoms with Crippen LogP contribution in [0.15, 0.2) is 17.4 Å². The summed E-state index contributed by atoms with van der Waals surface area (Å²) in [5.41, 5.74) is 10.7. The first-order valence-electron chi connectivity index (χ1n) is 6.47. The van der Waals surface area contributed by atoms with Crippen LogP contribution in [0.25, 0.3) is 0 Å². The lowest BCUT2D eigenvalue weighted by Gasteiger charge is -2.37. The third-order valence-corrected chi connectivity index (χ3v) is 3.25. The molecule has 7 nitrogen and oxygen atoms in total. The molecule has 2 heterocycles. The second-order valence-corrected chi connectivity index (χ2v) is 4.89. The van der Waals surface area contributed by atoms with Crippen LogP contribution in [0.1, 0.15) is 13.8 Å². The predicted molar refractivity (Wildman–Crippen MR) is 76.4 cm³/mol. The van der Waals surface area contributed by atoms with Crippen LogP contribution in [-0.4, -0.2) is 53.0 Å². The lowest BCUT2D eigenvalue weighted by atomic mass is 10.2. The molecule has 7 heteroatoms. The fourth-order valence-electron chi connectivity index (χ4n) is 2.17. The van der Waals surface area contributed by atoms with Gasteiger partial charge in [0.25, 0.3) is 0 Å². The van der Waals surface area contributed by atoms with Gasteiger partial charge < -0.3 is 16.4 Å². The number of aliphatic imine (C=N–C) groups is 1. The van der Waals surface area contributed by atoms with Gasteiger partial charge in [0.1, 0.15) is 12.1 Å². The zero-order chi connectivity index (χ0) is 13.8. The maximum Gasteiger partial charge on any atom is 0.192 e. The Kier molecular flexibility index (Phi) is 4.16. The summed E-state index contributed by atoms with van der Waals surface area (Å²) in [5, 5.41) is 0. The van der Waals surface area contributed by atoms with Crippen LogP contribution in [0.4, 0.5) is 11.6 Å². The first-order valence-corrected chi connectivity index (χ1v) is 6.47. The quantitative estimate of drug-likeness (QED) is 0.584. The normalized spacial score (nSPS) is 16.7. The van der Waals surface area contributed by atoms with Gasteiger partial charge in [-0.05, 0) is 13.8 Å². The van der Waals surface area contributed by atoms with E-state index in [1.54, 1.807) is 0 Å². The minimum atomic E-state index is 0.00859. The van der Waals surface area contributed by atoms with E-state index in [0.29, 0.717) is 11.9 Å². The van der Waals surface area contributed by atoms with Crippen molar-refractivity contribution in [3.05, 3.63) is 12.4 Å². The van der Waals surface area contributed by atoms with Gasteiger partial charge in [-0.3, -0.25) is 4.90 Å². The molecule has 0 unspecified atom stereocenters. The fraction of sp³-hybridized carbons (Fsp3) is 0.583. The van der Waals surface area contributed by atoms with E-state index in [2.05, 4.69) is 38.6 Å². The largest absolute Gasteiger partial charge is 0.370 e. The van der Waals surface area contributed by atoms with E-state index in [9.17, 15) is 0 Å². The molecule has 1 aliphatic heterocycles. The first-order chi connectivity index (χ1) is 9.06. The molecule has 0 saturated carbocycles. The molecule has 1 saturated heterocycles. The summed E-state index contributed by atoms with van der Waals surface area (Å²) in [6, 6.07) is 2.40. The molecule has 104 valence electrons. The number of nitrogens with two attached hydrogens (primary N) is 2. The van der Waals surface area contributed by atoms with E-state index in [4.69, 9.17) is 11.5 Å². The third kappa shape index (κ3) is 3.54. The lowest BCUT2D eigenvalue weighted by Crippen LogP contribution is -2.49. The molecule has 0 bridgehead atoms. The molecule has 1 aliphatic rings. The minimum Gasteiger partial charge on any atom is -0.370 e. The molecule has 1 aromatic heterocycles. The van der Waals surface area contributed by atoms with Crippen molar-refractivity contribution < 1.29 is 0 Å². The average Bonchev–Trinajstić information content (AvgIpc) is 2.38. The third-order valence-electron chi connectivity index (χ3n) is 3.25. The molecule has 0 atom stereocenters. The molecule has 0 radical (unpaired) electrons. The smallest absolute Gasteiger partial charge is 0.192 e. The van der Waals surface area contributed by atoms with E-state index in [-0.39, 0.29) is 5.96 Å². The van der Waals surface area contributed by atoms with Crippen molar-refractivity contribution in [1.82, 2.24) is 14.9 Å². The zero-order valence-corrected chi connectivity index (χ0v) is 11.5. The second-order valence-electron chi connectivity index (χ2n) is 4.89. The predicted octanol–water partition coefficient (Wildman–Crippen LogP) is -0.0881. The number of guanidine groups is 1. The van der Waals surface area contributed by atoms with Crippen LogP contribution in [0.3, 0.4) is 0 Å². The summed E-state index contributed by atoms with van der Waals surface area (Å²) in [7, 11) is 0. The van der Waals surface area contributed by atoms with Crippen molar-refractivity contribution >= 4 is 17.6 Å². The van der Waals surface area contributed by atoms with Crippen molar-refractivity contribution in [2.45, 2.75) is 19.9 Å². The van der Waals surface area contributed by atoms with Crippen molar-refractivity contribution in [3.8, 4) is 0 Å². The maximum absolute atomic E-state index is 5.35. The van der Waals surface area contributed by atoms with Gasteiger partial charge in [0, 0.05) is 38.3 Å². The molecule has 19 heavy (non-hydrogen) atoms. The van der Waals surface area contributed by atoms with Gasteiger partial charge in [-0.15, -0.1) is 0 Å². The van der Waals surface area contributed by atoms with Crippen molar-refractivity contribution in [3.63, 3.8) is 0 Å². The molecule has 0 aliphatic carbocycles. The molecule has 1 fully saturated rings. The Balaban J connectivity index is 2.05. The van der Waals surface area contributed by atoms with Crippen LogP contribution in [-0.2, 0) is 0 Å². The van der Waals surface area contributed by atoms with E-state index >= 15 is 0 Å². The van der Waals surface area contributed by atoms with Gasteiger partial charge in [-0.2, -0.15) is 4.99 Å². The molecule has 0 aromatic carbocycles. The second kappa shape index (κ2) is 5.83. The Labute approximate surface area is 113 Å². The number of nitrogens with zero attached hydrogens (tertiary/aromatic N) is 5. The average molecular weight is 263 g/mol. The summed E-state index contributed by atoms with van der Waals surface area (Å²) in [6.45, 7) is 8.43. The SMILES string of the molecule is CC(C)N1CCN(c2cc(N=C(N)N)ncn2)CC1. The van der Waals surface area contributed by atoms with Crippen molar-refractivity contribution in [2.24, 2.45) is 16.5 Å². The maximum atomic E-state index is 5.35. The Hall–Kier alpha value is -1.89. The van der Waals surface area contributed by atoms with E-state index < -0.39 is 0 Å². The topological polar surface area (TPSA) is 96.7 Å². The number of hydrogen-bond donors (Lipinski definition) is 2. The molecular formula is C12H21N7. The molecule has 0 amide bonds. The van der Waals surface area contributed by atoms with E-state index in [1.165, 1.54) is 6.33 Å². The van der Waals surface area contributed by atoms with Gasteiger partial charge in [0.2, 0.25) is 0 Å². The van der Waals surface area contributed by atoms with Crippen molar-refractivity contribution in [2.75, 3.05) is 31.1 Å². The Morgan fingerprint density at radius 1 is 1.21 bits per heavy atom. The molecule has 2 rings (SSSR count). The highest BCUT2D eigenvalue weighted by molar-refractivity contribution is 5.78. The van der Waals surface area contributed by atoms with Crippen LogP contribution in [0.2, 0.25) is 0 Å². The number of aromatic nitrogens is 2. The number of rotatable bonds is 3. The Morgan fingerprint density at radius 2 is 1.89 bits per heavy atom. The standard InChI is InChI=1S/C12H21N7/c1-9(2)18-3-5-19(6-4-18)11-7-10(15-8-16-11)17-12(13)14/h7-9H,3-6H2,1-2H3,(H4,13,14,15,16,17). The first kappa shape index (κ1) is 13.5. The van der Waals surface area contributed by atoms with Gasteiger partial charge in [0.15, 0.2) is 11.8 Å². The summed E-state index contributed by atoms with van der Waals surface area (Å²) in [6.07, 6.45) is 1.49. The van der Waals surface area contributed by atoms with Crippen LogP contribution in [0.5, 0.6) is 0 Å². The fourth-order valence-corrected chi connectivity index (χ4v) is 2.17. The van der Waals surface area contributed by atoms with Crippen LogP contribution in [0, 0.1) is 0 Å². The number of hydrogen-bond acceptors (Lipinski definition) is 5. The zero-order valence-electron chi connectivity index (χ0n) is 11.5. The van der Waals surface area contributed by atoms with Crippen molar-refractivity contribution in [1.29, 1.82) is 0 Å².